The molecule has 27 heavy (non-hydrogen) atoms. The van der Waals surface area contributed by atoms with Crippen molar-refractivity contribution in [3.8, 4) is 0 Å². The highest BCUT2D eigenvalue weighted by molar-refractivity contribution is 4.95. The first-order chi connectivity index (χ1) is 12.9. The molecule has 8 atom stereocenters. The van der Waals surface area contributed by atoms with Crippen molar-refractivity contribution in [3.05, 3.63) is 11.9 Å². The van der Waals surface area contributed by atoms with Gasteiger partial charge in [-0.1, -0.05) is 5.21 Å². The van der Waals surface area contributed by atoms with Gasteiger partial charge in [0.15, 0.2) is 0 Å². The van der Waals surface area contributed by atoms with Crippen LogP contribution in [0.5, 0.6) is 0 Å². The number of aliphatic hydroxyl groups excluding tert-OH is 2. The van der Waals surface area contributed by atoms with E-state index in [1.807, 2.05) is 6.92 Å². The van der Waals surface area contributed by atoms with Gasteiger partial charge in [-0.2, -0.15) is 0 Å². The van der Waals surface area contributed by atoms with Crippen molar-refractivity contribution in [2.24, 2.45) is 0 Å². The van der Waals surface area contributed by atoms with Crippen molar-refractivity contribution < 1.29 is 33.9 Å². The molecule has 10 heteroatoms. The summed E-state index contributed by atoms with van der Waals surface area (Å²) in [6.45, 7) is 4.55. The monoisotopic (exact) mass is 387 g/mol. The number of rotatable bonds is 8. The Morgan fingerprint density at radius 3 is 2.41 bits per heavy atom. The third-order valence-electron chi connectivity index (χ3n) is 5.13. The number of hydrogen-bond donors (Lipinski definition) is 2. The molecule has 0 radical (unpaired) electrons. The van der Waals surface area contributed by atoms with E-state index in [1.54, 1.807) is 32.0 Å². The van der Waals surface area contributed by atoms with Gasteiger partial charge in [-0.05, 0) is 13.8 Å². The van der Waals surface area contributed by atoms with Crippen molar-refractivity contribution in [1.29, 1.82) is 0 Å². The van der Waals surface area contributed by atoms with Crippen molar-refractivity contribution >= 4 is 0 Å². The molecule has 0 saturated carbocycles. The normalized spacial score (nSPS) is 39.3. The molecule has 0 spiro atoms. The van der Waals surface area contributed by atoms with Gasteiger partial charge in [0, 0.05) is 14.2 Å². The fraction of sp³-hybridized carbons (Fsp3) is 0.882. The van der Waals surface area contributed by atoms with Crippen molar-refractivity contribution in [3.63, 3.8) is 0 Å². The molecular formula is C17H29N3O7. The van der Waals surface area contributed by atoms with E-state index in [9.17, 15) is 10.2 Å². The molecule has 154 valence electrons. The summed E-state index contributed by atoms with van der Waals surface area (Å²) in [4.78, 5) is 0. The van der Waals surface area contributed by atoms with Crippen LogP contribution in [-0.2, 0) is 36.8 Å². The van der Waals surface area contributed by atoms with Crippen LogP contribution in [0.3, 0.4) is 0 Å². The Hall–Kier alpha value is -1.14. The summed E-state index contributed by atoms with van der Waals surface area (Å²) in [7, 11) is 3.13. The lowest BCUT2D eigenvalue weighted by Crippen LogP contribution is -2.36. The molecule has 0 aliphatic carbocycles. The van der Waals surface area contributed by atoms with E-state index in [-0.39, 0.29) is 31.0 Å². The van der Waals surface area contributed by atoms with Gasteiger partial charge in [-0.15, -0.1) is 5.10 Å². The van der Waals surface area contributed by atoms with Crippen molar-refractivity contribution in [2.75, 3.05) is 20.8 Å². The highest BCUT2D eigenvalue weighted by atomic mass is 16.6. The summed E-state index contributed by atoms with van der Waals surface area (Å²) >= 11 is 0. The lowest BCUT2D eigenvalue weighted by atomic mass is 10.1. The Balaban J connectivity index is 1.55. The van der Waals surface area contributed by atoms with Crippen LogP contribution in [-0.4, -0.2) is 94.9 Å². The first-order valence-electron chi connectivity index (χ1n) is 9.14. The van der Waals surface area contributed by atoms with Crippen LogP contribution in [0.25, 0.3) is 0 Å². The zero-order valence-electron chi connectivity index (χ0n) is 16.1. The Morgan fingerprint density at radius 1 is 1.07 bits per heavy atom. The predicted molar refractivity (Wildman–Crippen MR) is 92.0 cm³/mol. The van der Waals surface area contributed by atoms with E-state index in [4.69, 9.17) is 23.7 Å². The fourth-order valence-electron chi connectivity index (χ4n) is 3.64. The van der Waals surface area contributed by atoms with Gasteiger partial charge in [0.1, 0.15) is 42.3 Å². The first kappa shape index (κ1) is 20.6. The van der Waals surface area contributed by atoms with E-state index in [0.29, 0.717) is 18.8 Å². The third-order valence-corrected chi connectivity index (χ3v) is 5.13. The molecule has 2 aliphatic heterocycles. The average Bonchev–Trinajstić information content (AvgIpc) is 3.26. The minimum Gasteiger partial charge on any atom is -0.388 e. The van der Waals surface area contributed by atoms with Crippen molar-refractivity contribution in [2.45, 2.75) is 75.8 Å². The van der Waals surface area contributed by atoms with Gasteiger partial charge in [-0.25, -0.2) is 4.68 Å². The second-order valence-electron chi connectivity index (χ2n) is 7.10. The van der Waals surface area contributed by atoms with Crippen LogP contribution >= 0.6 is 0 Å². The summed E-state index contributed by atoms with van der Waals surface area (Å²) < 4.78 is 29.3. The van der Waals surface area contributed by atoms with Crippen LogP contribution in [0.4, 0.5) is 0 Å². The van der Waals surface area contributed by atoms with Crippen LogP contribution in [0.2, 0.25) is 0 Å². The largest absolute Gasteiger partial charge is 0.388 e. The highest BCUT2D eigenvalue weighted by Crippen LogP contribution is 2.26. The molecular weight excluding hydrogens is 358 g/mol. The zero-order valence-corrected chi connectivity index (χ0v) is 16.1. The maximum absolute atomic E-state index is 10.2. The lowest BCUT2D eigenvalue weighted by molar-refractivity contribution is -0.0679. The molecule has 10 nitrogen and oxygen atoms in total. The quantitative estimate of drug-likeness (QED) is 0.586. The van der Waals surface area contributed by atoms with Crippen LogP contribution in [0.15, 0.2) is 6.20 Å². The molecule has 2 saturated heterocycles. The lowest BCUT2D eigenvalue weighted by Gasteiger charge is -2.19. The average molecular weight is 387 g/mol. The minimum atomic E-state index is -0.725. The van der Waals surface area contributed by atoms with E-state index in [2.05, 4.69) is 10.3 Å². The topological polar surface area (TPSA) is 117 Å². The van der Waals surface area contributed by atoms with Gasteiger partial charge in [0.05, 0.1) is 38.2 Å². The zero-order chi connectivity index (χ0) is 19.6. The molecule has 2 unspecified atom stereocenters. The Labute approximate surface area is 158 Å². The van der Waals surface area contributed by atoms with E-state index in [0.717, 1.165) is 0 Å². The minimum absolute atomic E-state index is 0.191. The molecule has 2 fully saturated rings. The van der Waals surface area contributed by atoms with Crippen LogP contribution in [0, 0.1) is 0 Å². The summed E-state index contributed by atoms with van der Waals surface area (Å²) in [5, 5.41) is 28.5. The van der Waals surface area contributed by atoms with E-state index >= 15 is 0 Å². The number of aromatic nitrogens is 3. The molecule has 3 heterocycles. The second-order valence-corrected chi connectivity index (χ2v) is 7.10. The number of aliphatic hydroxyl groups is 2. The SMILES string of the molecule is COC[C@H]1O[C@@H](C)[C@@H](O)C1OCc1cn(C[C@H]2O[C@@H](C)[C@@H](O)C2OC)nn1. The van der Waals surface area contributed by atoms with E-state index in [1.165, 1.54) is 0 Å². The first-order valence-corrected chi connectivity index (χ1v) is 9.14. The number of nitrogens with zero attached hydrogens (tertiary/aromatic N) is 3. The molecule has 1 aromatic rings. The maximum atomic E-state index is 10.2. The Bertz CT molecular complexity index is 601. The summed E-state index contributed by atoms with van der Waals surface area (Å²) in [5.41, 5.74) is 0.624. The molecule has 0 bridgehead atoms. The molecule has 2 N–H and O–H groups in total. The summed E-state index contributed by atoms with van der Waals surface area (Å²) in [5.74, 6) is 0. The van der Waals surface area contributed by atoms with Crippen LogP contribution in [0.1, 0.15) is 19.5 Å². The standard InChI is InChI=1S/C17H29N3O7/c1-9-14(21)16(24-4)12(26-9)6-20-5-11(18-19-20)7-25-17-13(8-23-3)27-10(2)15(17)22/h5,9-10,12-17,21-22H,6-8H2,1-4H3/t9-,10-,12+,13+,14+,15+,16?,17?/m0/s1. The summed E-state index contributed by atoms with van der Waals surface area (Å²) in [6.07, 6.45) is -1.79. The molecule has 1 aromatic heterocycles. The number of hydrogen-bond acceptors (Lipinski definition) is 9. The second kappa shape index (κ2) is 8.91. The Kier molecular flexibility index (Phi) is 6.79. The van der Waals surface area contributed by atoms with Crippen molar-refractivity contribution in [1.82, 2.24) is 15.0 Å². The third kappa shape index (κ3) is 4.48. The molecule has 0 aromatic carbocycles. The Morgan fingerprint density at radius 2 is 1.74 bits per heavy atom. The van der Waals surface area contributed by atoms with E-state index < -0.39 is 24.4 Å². The number of methoxy groups -OCH3 is 2. The summed E-state index contributed by atoms with van der Waals surface area (Å²) in [6, 6.07) is 0. The number of ether oxygens (including phenoxy) is 5. The van der Waals surface area contributed by atoms with Gasteiger partial charge < -0.3 is 33.9 Å². The smallest absolute Gasteiger partial charge is 0.115 e. The van der Waals surface area contributed by atoms with Gasteiger partial charge >= 0.3 is 0 Å². The van der Waals surface area contributed by atoms with Gasteiger partial charge in [-0.3, -0.25) is 0 Å². The maximum Gasteiger partial charge on any atom is 0.115 e. The molecule has 3 rings (SSSR count). The highest BCUT2D eigenvalue weighted by Gasteiger charge is 2.43. The van der Waals surface area contributed by atoms with Gasteiger partial charge in [0.25, 0.3) is 0 Å². The fourth-order valence-corrected chi connectivity index (χ4v) is 3.64. The molecule has 0 amide bonds. The van der Waals surface area contributed by atoms with Gasteiger partial charge in [0.2, 0.25) is 0 Å². The van der Waals surface area contributed by atoms with Crippen LogP contribution < -0.4 is 0 Å². The molecule has 2 aliphatic rings. The predicted octanol–water partition coefficient (Wildman–Crippen LogP) is -0.879.